The molecule has 3 aromatic carbocycles. The smallest absolute Gasteiger partial charge is 0.247 e. The molecule has 446 valence electrons. The molecule has 0 radical (unpaired) electrons. The Hall–Kier alpha value is -6.66. The van der Waals surface area contributed by atoms with E-state index in [4.69, 9.17) is 0 Å². The van der Waals surface area contributed by atoms with Crippen molar-refractivity contribution in [3.8, 4) is 0 Å². The lowest BCUT2D eigenvalue weighted by Gasteiger charge is -2.40. The lowest BCUT2D eigenvalue weighted by Crippen LogP contribution is -2.61. The van der Waals surface area contributed by atoms with Crippen LogP contribution >= 0.6 is 0 Å². The van der Waals surface area contributed by atoms with E-state index in [0.717, 1.165) is 29.5 Å². The van der Waals surface area contributed by atoms with Gasteiger partial charge in [0.05, 0.1) is 12.1 Å². The van der Waals surface area contributed by atoms with Crippen molar-refractivity contribution >= 4 is 47.3 Å². The van der Waals surface area contributed by atoms with Crippen molar-refractivity contribution in [2.75, 3.05) is 53.4 Å². The van der Waals surface area contributed by atoms with E-state index in [2.05, 4.69) is 26.6 Å². The van der Waals surface area contributed by atoms with Crippen molar-refractivity contribution < 1.29 is 38.4 Å². The van der Waals surface area contributed by atoms with Gasteiger partial charge in [-0.15, -0.1) is 0 Å². The van der Waals surface area contributed by atoms with Crippen LogP contribution in [0.5, 0.6) is 0 Å². The number of carbonyl (C=O) groups excluding carboxylic acids is 8. The van der Waals surface area contributed by atoms with Gasteiger partial charge in [0.15, 0.2) is 0 Å². The molecule has 4 aliphatic heterocycles. The van der Waals surface area contributed by atoms with E-state index in [1.54, 1.807) is 54.5 Å². The van der Waals surface area contributed by atoms with E-state index in [1.807, 2.05) is 124 Å². The Morgan fingerprint density at radius 2 is 1.07 bits per heavy atom. The van der Waals surface area contributed by atoms with Gasteiger partial charge in [-0.25, -0.2) is 0 Å². The minimum atomic E-state index is -0.928. The summed E-state index contributed by atoms with van der Waals surface area (Å²) in [5.41, 5.74) is 2.94. The molecule has 4 heterocycles. The number of likely N-dealkylation sites (N-methyl/N-ethyl adjacent to an activating group) is 1. The SMILES string of the molecule is C.C.CNC[C@@H](C)C(=O)N[C@H]1CN(C(=O)CC(C)C)CC[C@H]2CC[C@@H](C(=O)NC(c3ccccc3)c3ccccc3)N2C1=O.CN[C@@H](C)C(=O)N[C@H]1CN(C(=O)CC(C)C)CC[C@H]2CC[C@@H](CN(Cc3ccccc3)C(C)=O)N2C1=O. The van der Waals surface area contributed by atoms with Crippen LogP contribution in [0.25, 0.3) is 0 Å². The van der Waals surface area contributed by atoms with Crippen LogP contribution in [0.3, 0.4) is 0 Å². The fourth-order valence-corrected chi connectivity index (χ4v) is 11.3. The Bertz CT molecular complexity index is 2480. The summed E-state index contributed by atoms with van der Waals surface area (Å²) in [6.45, 7) is 15.7. The van der Waals surface area contributed by atoms with Crippen molar-refractivity contribution in [1.29, 1.82) is 0 Å². The molecule has 8 amide bonds. The first-order valence-electron chi connectivity index (χ1n) is 28.6. The van der Waals surface area contributed by atoms with Gasteiger partial charge < -0.3 is 51.1 Å². The predicted molar refractivity (Wildman–Crippen MR) is 318 cm³/mol. The normalized spacial score (nSPS) is 21.5. The van der Waals surface area contributed by atoms with Gasteiger partial charge >= 0.3 is 0 Å². The maximum atomic E-state index is 14.2. The van der Waals surface area contributed by atoms with Crippen molar-refractivity contribution in [3.05, 3.63) is 108 Å². The lowest BCUT2D eigenvalue weighted by molar-refractivity contribution is -0.147. The van der Waals surface area contributed by atoms with Crippen molar-refractivity contribution in [2.45, 2.75) is 170 Å². The fraction of sp³-hybridized carbons (Fsp3) is 0.587. The highest BCUT2D eigenvalue weighted by molar-refractivity contribution is 5.94. The van der Waals surface area contributed by atoms with Crippen LogP contribution < -0.4 is 26.6 Å². The Kier molecular flexibility index (Phi) is 26.5. The number of nitrogens with one attached hydrogen (secondary N) is 5. The molecule has 18 nitrogen and oxygen atoms in total. The van der Waals surface area contributed by atoms with E-state index in [1.165, 1.54) is 0 Å². The third-order valence-electron chi connectivity index (χ3n) is 15.7. The molecule has 8 atom stereocenters. The zero-order valence-electron chi connectivity index (χ0n) is 48.1. The number of hydrogen-bond donors (Lipinski definition) is 5. The molecule has 0 bridgehead atoms. The Labute approximate surface area is 483 Å². The van der Waals surface area contributed by atoms with Crippen molar-refractivity contribution in [3.63, 3.8) is 0 Å². The summed E-state index contributed by atoms with van der Waals surface area (Å²) >= 11 is 0. The molecular weight excluding hydrogens is 1020 g/mol. The molecule has 3 aromatic rings. The highest BCUT2D eigenvalue weighted by atomic mass is 16.2. The molecule has 81 heavy (non-hydrogen) atoms. The molecule has 4 fully saturated rings. The molecule has 5 N–H and O–H groups in total. The third-order valence-corrected chi connectivity index (χ3v) is 15.7. The average molecular weight is 1120 g/mol. The van der Waals surface area contributed by atoms with Gasteiger partial charge in [0.1, 0.15) is 18.1 Å². The van der Waals surface area contributed by atoms with Gasteiger partial charge in [-0.05, 0) is 88.1 Å². The summed E-state index contributed by atoms with van der Waals surface area (Å²) < 4.78 is 0. The second-order valence-electron chi connectivity index (χ2n) is 22.8. The Morgan fingerprint density at radius 3 is 1.56 bits per heavy atom. The summed E-state index contributed by atoms with van der Waals surface area (Å²) in [5.74, 6) is -1.25. The minimum Gasteiger partial charge on any atom is -0.343 e. The summed E-state index contributed by atoms with van der Waals surface area (Å²) in [5, 5.41) is 15.0. The number of hydrogen-bond acceptors (Lipinski definition) is 10. The van der Waals surface area contributed by atoms with Crippen LogP contribution in [0.2, 0.25) is 0 Å². The highest BCUT2D eigenvalue weighted by Gasteiger charge is 2.47. The molecule has 4 aliphatic rings. The van der Waals surface area contributed by atoms with Crippen LogP contribution in [0.4, 0.5) is 0 Å². The second-order valence-corrected chi connectivity index (χ2v) is 22.8. The van der Waals surface area contributed by atoms with E-state index >= 15 is 0 Å². The van der Waals surface area contributed by atoms with Gasteiger partial charge in [0.25, 0.3) is 0 Å². The van der Waals surface area contributed by atoms with E-state index in [-0.39, 0.29) is 117 Å². The van der Waals surface area contributed by atoms with Gasteiger partial charge in [-0.2, -0.15) is 0 Å². The minimum absolute atomic E-state index is 0. The monoisotopic (exact) mass is 1120 g/mol. The number of carbonyl (C=O) groups is 8. The number of benzene rings is 3. The van der Waals surface area contributed by atoms with Crippen LogP contribution in [-0.4, -0.2) is 167 Å². The first-order valence-corrected chi connectivity index (χ1v) is 28.6. The Balaban J connectivity index is 0.000000343. The van der Waals surface area contributed by atoms with E-state index in [0.29, 0.717) is 71.2 Å². The maximum Gasteiger partial charge on any atom is 0.247 e. The van der Waals surface area contributed by atoms with E-state index < -0.39 is 24.2 Å². The number of fused-ring (bicyclic) bond motifs is 2. The van der Waals surface area contributed by atoms with Crippen LogP contribution in [0, 0.1) is 17.8 Å². The molecule has 0 aromatic heterocycles. The average Bonchev–Trinajstić information content (AvgIpc) is 4.21. The number of rotatable bonds is 19. The highest BCUT2D eigenvalue weighted by Crippen LogP contribution is 2.33. The van der Waals surface area contributed by atoms with Gasteiger partial charge in [0, 0.05) is 89.6 Å². The predicted octanol–water partition coefficient (Wildman–Crippen LogP) is 5.91. The number of amides is 8. The topological polar surface area (TPSA) is 213 Å². The molecule has 18 heteroatoms. The third kappa shape index (κ3) is 18.4. The summed E-state index contributed by atoms with van der Waals surface area (Å²) in [7, 11) is 3.46. The maximum absolute atomic E-state index is 14.2. The van der Waals surface area contributed by atoms with Crippen molar-refractivity contribution in [1.82, 2.24) is 51.1 Å². The van der Waals surface area contributed by atoms with Gasteiger partial charge in [0.2, 0.25) is 47.3 Å². The standard InChI is InChI=1S/C33H45N5O4.C28H43N5O4.2CH4/c1-22(2)19-29(39)37-18-17-26-15-16-28(38(26)33(42)27(21-37)35-31(40)23(3)20-34-4)32(41)36-30(24-11-7-5-8-12-24)25-13-9-6-10-14-25;1-19(2)15-26(35)31-14-13-23-11-12-24(17-32(21(4)34)16-22-9-7-6-8-10-22)33(23)28(37)25(18-31)30-27(36)20(3)29-5;;/h5-14,22-23,26-28,30,34H,15-21H2,1-4H3,(H,35,40)(H,36,41);6-10,19-20,23-25,29H,11-18H2,1-5H3,(H,30,36);2*1H4/t23-,26-,27+,28+;20-,23+,24-,25-;;/m10../s1. The molecule has 7 rings (SSSR count). The fourth-order valence-electron chi connectivity index (χ4n) is 11.3. The number of nitrogens with zero attached hydrogens (tertiary/aromatic N) is 5. The van der Waals surface area contributed by atoms with E-state index in [9.17, 15) is 38.4 Å². The molecular formula is C63H96N10O8. The van der Waals surface area contributed by atoms with Crippen LogP contribution in [-0.2, 0) is 44.9 Å². The first kappa shape index (κ1) is 66.8. The zero-order valence-corrected chi connectivity index (χ0v) is 48.1. The summed E-state index contributed by atoms with van der Waals surface area (Å²) in [6, 6.07) is 25.8. The van der Waals surface area contributed by atoms with Gasteiger partial charge in [-0.1, -0.05) is 140 Å². The largest absolute Gasteiger partial charge is 0.343 e. The molecule has 0 saturated carbocycles. The summed E-state index contributed by atoms with van der Waals surface area (Å²) in [4.78, 5) is 115. The second kappa shape index (κ2) is 32.1. The molecule has 0 unspecified atom stereocenters. The van der Waals surface area contributed by atoms with Crippen molar-refractivity contribution in [2.24, 2.45) is 17.8 Å². The van der Waals surface area contributed by atoms with Gasteiger partial charge in [-0.3, -0.25) is 38.4 Å². The van der Waals surface area contributed by atoms with Crippen LogP contribution in [0.15, 0.2) is 91.0 Å². The first-order chi connectivity index (χ1) is 37.8. The molecule has 0 aliphatic carbocycles. The zero-order chi connectivity index (χ0) is 57.3. The summed E-state index contributed by atoms with van der Waals surface area (Å²) in [6.07, 6.45) is 4.85. The molecule has 4 saturated heterocycles. The molecule has 0 spiro atoms. The quantitative estimate of drug-likeness (QED) is 0.0958. The van der Waals surface area contributed by atoms with Crippen LogP contribution in [0.1, 0.15) is 137 Å². The Morgan fingerprint density at radius 1 is 0.605 bits per heavy atom. The lowest BCUT2D eigenvalue weighted by atomic mass is 9.98.